The Morgan fingerprint density at radius 3 is 1.91 bits per heavy atom. The summed E-state index contributed by atoms with van der Waals surface area (Å²) in [5, 5.41) is 0. The van der Waals surface area contributed by atoms with E-state index in [4.69, 9.17) is 9.47 Å². The van der Waals surface area contributed by atoms with Crippen molar-refractivity contribution >= 4 is 0 Å². The van der Waals surface area contributed by atoms with Crippen molar-refractivity contribution in [1.29, 1.82) is 0 Å². The minimum absolute atomic E-state index is 0.337. The zero-order chi connectivity index (χ0) is 8.32. The molecule has 2 heteroatoms. The lowest BCUT2D eigenvalue weighted by molar-refractivity contribution is -0.225. The van der Waals surface area contributed by atoms with Crippen LogP contribution in [-0.2, 0) is 9.47 Å². The number of ether oxygens (including phenoxy) is 2. The smallest absolute Gasteiger partial charge is 0.167 e. The standard InChI is InChI=1S/C9H18O2/c1-9(10-2,11-3)8-6-4-5-7-8/h8H,4-7H2,1-3H3. The number of methoxy groups -OCH3 is 2. The van der Waals surface area contributed by atoms with E-state index in [0.717, 1.165) is 0 Å². The average Bonchev–Trinajstić information content (AvgIpc) is 2.55. The Balaban J connectivity index is 2.52. The van der Waals surface area contributed by atoms with Gasteiger partial charge in [-0.25, -0.2) is 0 Å². The maximum atomic E-state index is 5.35. The van der Waals surface area contributed by atoms with Gasteiger partial charge < -0.3 is 9.47 Å². The number of hydrogen-bond donors (Lipinski definition) is 0. The van der Waals surface area contributed by atoms with Gasteiger partial charge in [0, 0.05) is 20.1 Å². The average molecular weight is 158 g/mol. The zero-order valence-electron chi connectivity index (χ0n) is 7.72. The highest BCUT2D eigenvalue weighted by molar-refractivity contribution is 4.79. The Hall–Kier alpha value is -0.0800. The molecule has 0 N–H and O–H groups in total. The Labute approximate surface area is 68.9 Å². The zero-order valence-corrected chi connectivity index (χ0v) is 7.72. The number of rotatable bonds is 3. The molecule has 0 saturated heterocycles. The molecule has 66 valence electrons. The summed E-state index contributed by atoms with van der Waals surface area (Å²) in [4.78, 5) is 0. The Morgan fingerprint density at radius 1 is 1.09 bits per heavy atom. The van der Waals surface area contributed by atoms with Gasteiger partial charge in [0.15, 0.2) is 5.79 Å². The molecule has 0 heterocycles. The minimum atomic E-state index is -0.337. The second-order valence-corrected chi connectivity index (χ2v) is 3.41. The molecule has 1 aliphatic rings. The van der Waals surface area contributed by atoms with Gasteiger partial charge in [-0.05, 0) is 19.8 Å². The summed E-state index contributed by atoms with van der Waals surface area (Å²) < 4.78 is 10.7. The van der Waals surface area contributed by atoms with Gasteiger partial charge in [0.25, 0.3) is 0 Å². The fraction of sp³-hybridized carbons (Fsp3) is 1.00. The summed E-state index contributed by atoms with van der Waals surface area (Å²) in [6, 6.07) is 0. The molecule has 1 aliphatic carbocycles. The molecule has 1 fully saturated rings. The van der Waals surface area contributed by atoms with Crippen molar-refractivity contribution in [2.24, 2.45) is 5.92 Å². The third-order valence-electron chi connectivity index (χ3n) is 2.91. The molecule has 0 spiro atoms. The van der Waals surface area contributed by atoms with E-state index >= 15 is 0 Å². The molecule has 0 radical (unpaired) electrons. The molecular weight excluding hydrogens is 140 g/mol. The Morgan fingerprint density at radius 2 is 1.55 bits per heavy atom. The van der Waals surface area contributed by atoms with Gasteiger partial charge in [0.2, 0.25) is 0 Å². The molecule has 1 saturated carbocycles. The molecule has 1 rings (SSSR count). The normalized spacial score (nSPS) is 21.0. The maximum Gasteiger partial charge on any atom is 0.167 e. The van der Waals surface area contributed by atoms with Gasteiger partial charge >= 0.3 is 0 Å². The molecular formula is C9H18O2. The van der Waals surface area contributed by atoms with E-state index in [1.807, 2.05) is 6.92 Å². The van der Waals surface area contributed by atoms with Crippen LogP contribution in [0.15, 0.2) is 0 Å². The Kier molecular flexibility index (Phi) is 2.90. The van der Waals surface area contributed by atoms with E-state index in [0.29, 0.717) is 5.92 Å². The third kappa shape index (κ3) is 1.74. The lowest BCUT2D eigenvalue weighted by Gasteiger charge is -2.32. The highest BCUT2D eigenvalue weighted by Crippen LogP contribution is 2.36. The topological polar surface area (TPSA) is 18.5 Å². The van der Waals surface area contributed by atoms with Gasteiger partial charge in [-0.3, -0.25) is 0 Å². The van der Waals surface area contributed by atoms with Crippen LogP contribution in [0.2, 0.25) is 0 Å². The van der Waals surface area contributed by atoms with Gasteiger partial charge in [0.1, 0.15) is 0 Å². The van der Waals surface area contributed by atoms with E-state index in [2.05, 4.69) is 0 Å². The van der Waals surface area contributed by atoms with Gasteiger partial charge in [-0.1, -0.05) is 12.8 Å². The monoisotopic (exact) mass is 158 g/mol. The van der Waals surface area contributed by atoms with Crippen LogP contribution in [0.5, 0.6) is 0 Å². The van der Waals surface area contributed by atoms with Crippen molar-refractivity contribution in [2.45, 2.75) is 38.4 Å². The molecule has 0 aromatic heterocycles. The van der Waals surface area contributed by atoms with Gasteiger partial charge in [0.05, 0.1) is 0 Å². The summed E-state index contributed by atoms with van der Waals surface area (Å²) in [6.45, 7) is 2.03. The molecule has 0 aromatic carbocycles. The summed E-state index contributed by atoms with van der Waals surface area (Å²) in [5.74, 6) is 0.258. The fourth-order valence-corrected chi connectivity index (χ4v) is 1.87. The summed E-state index contributed by atoms with van der Waals surface area (Å²) in [5.41, 5.74) is 0. The first kappa shape index (κ1) is 9.01. The molecule has 0 amide bonds. The van der Waals surface area contributed by atoms with E-state index in [9.17, 15) is 0 Å². The summed E-state index contributed by atoms with van der Waals surface area (Å²) in [7, 11) is 3.45. The molecule has 2 nitrogen and oxygen atoms in total. The van der Waals surface area contributed by atoms with Gasteiger partial charge in [-0.2, -0.15) is 0 Å². The highest BCUT2D eigenvalue weighted by Gasteiger charge is 2.35. The van der Waals surface area contributed by atoms with Crippen LogP contribution < -0.4 is 0 Å². The molecule has 0 aliphatic heterocycles. The van der Waals surface area contributed by atoms with Crippen molar-refractivity contribution in [3.05, 3.63) is 0 Å². The minimum Gasteiger partial charge on any atom is -0.353 e. The van der Waals surface area contributed by atoms with Crippen molar-refractivity contribution in [3.63, 3.8) is 0 Å². The fourth-order valence-electron chi connectivity index (χ4n) is 1.87. The molecule has 0 atom stereocenters. The highest BCUT2D eigenvalue weighted by atomic mass is 16.7. The summed E-state index contributed by atoms with van der Waals surface area (Å²) >= 11 is 0. The van der Waals surface area contributed by atoms with E-state index in [1.165, 1.54) is 25.7 Å². The van der Waals surface area contributed by atoms with E-state index < -0.39 is 0 Å². The largest absolute Gasteiger partial charge is 0.353 e. The third-order valence-corrected chi connectivity index (χ3v) is 2.91. The molecule has 0 unspecified atom stereocenters. The first-order valence-corrected chi connectivity index (χ1v) is 4.33. The second kappa shape index (κ2) is 3.55. The van der Waals surface area contributed by atoms with Crippen LogP contribution in [0, 0.1) is 5.92 Å². The van der Waals surface area contributed by atoms with Crippen LogP contribution in [0.25, 0.3) is 0 Å². The van der Waals surface area contributed by atoms with Crippen molar-refractivity contribution < 1.29 is 9.47 Å². The Bertz CT molecular complexity index is 113. The first-order chi connectivity index (χ1) is 5.23. The lowest BCUT2D eigenvalue weighted by Crippen LogP contribution is -2.37. The lowest BCUT2D eigenvalue weighted by atomic mass is 9.98. The van der Waals surface area contributed by atoms with Crippen molar-refractivity contribution in [1.82, 2.24) is 0 Å². The SMILES string of the molecule is COC(C)(OC)C1CCCC1. The predicted octanol–water partition coefficient (Wildman–Crippen LogP) is 2.19. The van der Waals surface area contributed by atoms with Crippen LogP contribution >= 0.6 is 0 Å². The van der Waals surface area contributed by atoms with Crippen molar-refractivity contribution in [2.75, 3.05) is 14.2 Å². The maximum absolute atomic E-state index is 5.35. The van der Waals surface area contributed by atoms with Crippen LogP contribution in [0.3, 0.4) is 0 Å². The quantitative estimate of drug-likeness (QED) is 0.586. The van der Waals surface area contributed by atoms with Crippen LogP contribution in [0.4, 0.5) is 0 Å². The van der Waals surface area contributed by atoms with E-state index in [1.54, 1.807) is 14.2 Å². The molecule has 11 heavy (non-hydrogen) atoms. The van der Waals surface area contributed by atoms with Crippen molar-refractivity contribution in [3.8, 4) is 0 Å². The van der Waals surface area contributed by atoms with E-state index in [-0.39, 0.29) is 5.79 Å². The molecule has 0 aromatic rings. The predicted molar refractivity (Wildman–Crippen MR) is 44.4 cm³/mol. The molecule has 0 bridgehead atoms. The summed E-state index contributed by atoms with van der Waals surface area (Å²) in [6.07, 6.45) is 5.15. The van der Waals surface area contributed by atoms with Gasteiger partial charge in [-0.15, -0.1) is 0 Å². The first-order valence-electron chi connectivity index (χ1n) is 4.33. The van der Waals surface area contributed by atoms with Crippen LogP contribution in [-0.4, -0.2) is 20.0 Å². The second-order valence-electron chi connectivity index (χ2n) is 3.41. The number of hydrogen-bond acceptors (Lipinski definition) is 2. The van der Waals surface area contributed by atoms with Crippen LogP contribution in [0.1, 0.15) is 32.6 Å².